The third-order valence-electron chi connectivity index (χ3n) is 3.29. The monoisotopic (exact) mass is 311 g/mol. The smallest absolute Gasteiger partial charge is 0.449 e. The molecule has 0 aliphatic carbocycles. The van der Waals surface area contributed by atoms with Crippen molar-refractivity contribution in [2.45, 2.75) is 0 Å². The Balaban J connectivity index is 2.26. The quantitative estimate of drug-likeness (QED) is 0.644. The second kappa shape index (κ2) is 5.72. The molecule has 0 saturated heterocycles. The standard InChI is InChI=1S/C16H13N3O4/c17-15(20)19(10-6-2-1-3-7-10)13-11-8-4-5-9-12(11)18-14(13)23-16(21)22/h1-9,18H,(H2,17,20)(H,21,22). The molecule has 116 valence electrons. The first-order chi connectivity index (χ1) is 11.1. The third kappa shape index (κ3) is 2.67. The number of carbonyl (C=O) groups excluding carboxylic acids is 1. The van der Waals surface area contributed by atoms with Gasteiger partial charge in [0.2, 0.25) is 5.88 Å². The molecule has 0 spiro atoms. The van der Waals surface area contributed by atoms with Crippen molar-refractivity contribution in [2.24, 2.45) is 5.73 Å². The lowest BCUT2D eigenvalue weighted by molar-refractivity contribution is 0.143. The van der Waals surface area contributed by atoms with Crippen molar-refractivity contribution in [1.29, 1.82) is 0 Å². The maximum Gasteiger partial charge on any atom is 0.512 e. The van der Waals surface area contributed by atoms with Crippen LogP contribution >= 0.6 is 0 Å². The van der Waals surface area contributed by atoms with E-state index in [9.17, 15) is 9.59 Å². The van der Waals surface area contributed by atoms with Crippen LogP contribution in [-0.2, 0) is 0 Å². The number of aromatic nitrogens is 1. The predicted molar refractivity (Wildman–Crippen MR) is 85.1 cm³/mol. The number of carboxylic acid groups (broad SMARTS) is 1. The number of nitrogens with zero attached hydrogens (tertiary/aromatic N) is 1. The van der Waals surface area contributed by atoms with E-state index in [2.05, 4.69) is 4.98 Å². The van der Waals surface area contributed by atoms with Crippen molar-refractivity contribution in [3.05, 3.63) is 54.6 Å². The summed E-state index contributed by atoms with van der Waals surface area (Å²) in [6.45, 7) is 0. The maximum atomic E-state index is 12.0. The second-order valence-electron chi connectivity index (χ2n) is 4.73. The Bertz CT molecular complexity index is 873. The topological polar surface area (TPSA) is 109 Å². The number of para-hydroxylation sites is 2. The number of hydrogen-bond acceptors (Lipinski definition) is 3. The number of urea groups is 1. The summed E-state index contributed by atoms with van der Waals surface area (Å²) >= 11 is 0. The number of carbonyl (C=O) groups is 2. The number of benzene rings is 2. The molecule has 7 heteroatoms. The van der Waals surface area contributed by atoms with Crippen LogP contribution < -0.4 is 15.4 Å². The van der Waals surface area contributed by atoms with E-state index in [1.165, 1.54) is 4.90 Å². The molecule has 0 unspecified atom stereocenters. The number of fused-ring (bicyclic) bond motifs is 1. The van der Waals surface area contributed by atoms with Gasteiger partial charge in [0.15, 0.2) is 0 Å². The SMILES string of the molecule is NC(=O)N(c1ccccc1)c1c(OC(=O)O)[nH]c2ccccc12. The first-order valence-corrected chi connectivity index (χ1v) is 6.74. The van der Waals surface area contributed by atoms with E-state index in [-0.39, 0.29) is 11.6 Å². The number of H-pyrrole nitrogens is 1. The lowest BCUT2D eigenvalue weighted by Gasteiger charge is -2.20. The molecule has 4 N–H and O–H groups in total. The molecule has 23 heavy (non-hydrogen) atoms. The number of primary amides is 1. The molecule has 0 radical (unpaired) electrons. The van der Waals surface area contributed by atoms with Crippen LogP contribution in [0.1, 0.15) is 0 Å². The average Bonchev–Trinajstić information content (AvgIpc) is 2.86. The van der Waals surface area contributed by atoms with Gasteiger partial charge in [0.1, 0.15) is 5.69 Å². The van der Waals surface area contributed by atoms with Crippen LogP contribution in [0.4, 0.5) is 21.0 Å². The molecule has 2 amide bonds. The summed E-state index contributed by atoms with van der Waals surface area (Å²) in [6, 6.07) is 15.0. The van der Waals surface area contributed by atoms with Gasteiger partial charge in [-0.05, 0) is 18.2 Å². The van der Waals surface area contributed by atoms with E-state index in [1.807, 2.05) is 0 Å². The first-order valence-electron chi connectivity index (χ1n) is 6.74. The molecule has 0 saturated carbocycles. The molecule has 3 aromatic rings. The van der Waals surface area contributed by atoms with E-state index in [1.54, 1.807) is 54.6 Å². The largest absolute Gasteiger partial charge is 0.512 e. The predicted octanol–water partition coefficient (Wildman–Crippen LogP) is 3.44. The van der Waals surface area contributed by atoms with Gasteiger partial charge < -0.3 is 20.6 Å². The van der Waals surface area contributed by atoms with Crippen LogP contribution in [-0.4, -0.2) is 22.3 Å². The van der Waals surface area contributed by atoms with Crippen LogP contribution in [0, 0.1) is 0 Å². The van der Waals surface area contributed by atoms with Crippen LogP contribution in [0.15, 0.2) is 54.6 Å². The summed E-state index contributed by atoms with van der Waals surface area (Å²) in [5.74, 6) is -0.0682. The molecule has 0 aliphatic heterocycles. The third-order valence-corrected chi connectivity index (χ3v) is 3.29. The summed E-state index contributed by atoms with van der Waals surface area (Å²) in [5, 5.41) is 9.55. The van der Waals surface area contributed by atoms with Gasteiger partial charge in [0, 0.05) is 5.39 Å². The van der Waals surface area contributed by atoms with Crippen molar-refractivity contribution in [3.8, 4) is 5.88 Å². The number of rotatable bonds is 3. The van der Waals surface area contributed by atoms with Gasteiger partial charge in [0.05, 0.1) is 11.2 Å². The molecule has 7 nitrogen and oxygen atoms in total. The number of amides is 2. The van der Waals surface area contributed by atoms with Crippen molar-refractivity contribution in [2.75, 3.05) is 4.90 Å². The molecule has 1 heterocycles. The van der Waals surface area contributed by atoms with Crippen LogP contribution in [0.5, 0.6) is 5.88 Å². The fourth-order valence-corrected chi connectivity index (χ4v) is 2.43. The summed E-state index contributed by atoms with van der Waals surface area (Å²) in [4.78, 5) is 27.0. The van der Waals surface area contributed by atoms with E-state index < -0.39 is 12.2 Å². The van der Waals surface area contributed by atoms with E-state index >= 15 is 0 Å². The maximum absolute atomic E-state index is 12.0. The summed E-state index contributed by atoms with van der Waals surface area (Å²) in [7, 11) is 0. The Labute approximate surface area is 130 Å². The van der Waals surface area contributed by atoms with Gasteiger partial charge in [-0.2, -0.15) is 0 Å². The minimum absolute atomic E-state index is 0.0682. The molecular weight excluding hydrogens is 298 g/mol. The zero-order valence-corrected chi connectivity index (χ0v) is 11.9. The van der Waals surface area contributed by atoms with Gasteiger partial charge in [-0.3, -0.25) is 4.90 Å². The Kier molecular flexibility index (Phi) is 3.60. The van der Waals surface area contributed by atoms with E-state index in [0.717, 1.165) is 0 Å². The second-order valence-corrected chi connectivity index (χ2v) is 4.73. The number of aromatic amines is 1. The highest BCUT2D eigenvalue weighted by Gasteiger charge is 2.25. The van der Waals surface area contributed by atoms with Crippen molar-refractivity contribution in [1.82, 2.24) is 4.98 Å². The summed E-state index contributed by atoms with van der Waals surface area (Å²) in [6.07, 6.45) is -1.49. The minimum atomic E-state index is -1.49. The van der Waals surface area contributed by atoms with Gasteiger partial charge in [-0.1, -0.05) is 36.4 Å². The normalized spacial score (nSPS) is 10.4. The summed E-state index contributed by atoms with van der Waals surface area (Å²) < 4.78 is 4.79. The lowest BCUT2D eigenvalue weighted by atomic mass is 10.2. The van der Waals surface area contributed by atoms with Crippen molar-refractivity contribution >= 4 is 34.5 Å². The fourth-order valence-electron chi connectivity index (χ4n) is 2.43. The number of ether oxygens (including phenoxy) is 1. The highest BCUT2D eigenvalue weighted by Crippen LogP contribution is 2.40. The fraction of sp³-hybridized carbons (Fsp3) is 0. The van der Waals surface area contributed by atoms with Crippen LogP contribution in [0.3, 0.4) is 0 Å². The molecule has 2 aromatic carbocycles. The van der Waals surface area contributed by atoms with Gasteiger partial charge in [0.25, 0.3) is 0 Å². The van der Waals surface area contributed by atoms with Crippen molar-refractivity contribution < 1.29 is 19.4 Å². The van der Waals surface area contributed by atoms with Gasteiger partial charge in [-0.15, -0.1) is 0 Å². The van der Waals surface area contributed by atoms with Crippen molar-refractivity contribution in [3.63, 3.8) is 0 Å². The molecule has 3 rings (SSSR count). The van der Waals surface area contributed by atoms with Gasteiger partial charge >= 0.3 is 12.2 Å². The molecule has 0 aliphatic rings. The molecule has 1 aromatic heterocycles. The highest BCUT2D eigenvalue weighted by molar-refractivity contribution is 6.09. The highest BCUT2D eigenvalue weighted by atomic mass is 16.7. The first kappa shape index (κ1) is 14.5. The Morgan fingerprint density at radius 1 is 1.04 bits per heavy atom. The lowest BCUT2D eigenvalue weighted by Crippen LogP contribution is -2.31. The number of nitrogens with two attached hydrogens (primary N) is 1. The Hall–Kier alpha value is -3.48. The molecule has 0 bridgehead atoms. The Morgan fingerprint density at radius 3 is 2.35 bits per heavy atom. The summed E-state index contributed by atoms with van der Waals surface area (Å²) in [5.41, 5.74) is 6.90. The zero-order chi connectivity index (χ0) is 16.4. The minimum Gasteiger partial charge on any atom is -0.449 e. The molecule has 0 fully saturated rings. The number of anilines is 2. The zero-order valence-electron chi connectivity index (χ0n) is 11.9. The number of hydrogen-bond donors (Lipinski definition) is 3. The van der Waals surface area contributed by atoms with Crippen LogP contribution in [0.25, 0.3) is 10.9 Å². The Morgan fingerprint density at radius 2 is 1.70 bits per heavy atom. The molecular formula is C16H13N3O4. The number of nitrogens with one attached hydrogen (secondary N) is 1. The molecule has 0 atom stereocenters. The van der Waals surface area contributed by atoms with E-state index in [4.69, 9.17) is 15.6 Å². The van der Waals surface area contributed by atoms with Gasteiger partial charge in [-0.25, -0.2) is 9.59 Å². The average molecular weight is 311 g/mol. The van der Waals surface area contributed by atoms with Crippen LogP contribution in [0.2, 0.25) is 0 Å². The van der Waals surface area contributed by atoms with E-state index in [0.29, 0.717) is 16.6 Å².